The summed E-state index contributed by atoms with van der Waals surface area (Å²) in [4.78, 5) is 2.39. The molecular weight excluding hydrogens is 655 g/mol. The lowest BCUT2D eigenvalue weighted by Gasteiger charge is -2.26. The third-order valence-corrected chi connectivity index (χ3v) is 11.5. The van der Waals surface area contributed by atoms with Gasteiger partial charge in [0.25, 0.3) is 0 Å². The van der Waals surface area contributed by atoms with Crippen molar-refractivity contribution >= 4 is 92.4 Å². The quantitative estimate of drug-likeness (QED) is 0.181. The van der Waals surface area contributed by atoms with Crippen molar-refractivity contribution in [1.29, 1.82) is 0 Å². The van der Waals surface area contributed by atoms with Crippen molar-refractivity contribution in [2.24, 2.45) is 0 Å². The Morgan fingerprint density at radius 3 is 1.81 bits per heavy atom. The van der Waals surface area contributed by atoms with E-state index < -0.39 is 0 Å². The van der Waals surface area contributed by atoms with Crippen molar-refractivity contribution in [3.63, 3.8) is 0 Å². The predicted molar refractivity (Wildman–Crippen MR) is 219 cm³/mol. The van der Waals surface area contributed by atoms with Gasteiger partial charge in [0.1, 0.15) is 16.7 Å². The number of hydrogen-bond acceptors (Lipinski definition) is 4. The van der Waals surface area contributed by atoms with Gasteiger partial charge < -0.3 is 13.7 Å². The SMILES string of the molecule is c1ccc(-c2cccc3c2sc2c(N(c4cccc(-c5ccc6oc7ccccc7c6c5)c4)c4cccc5c4oc4ccccc45)cccc23)cc1. The van der Waals surface area contributed by atoms with Crippen LogP contribution in [0.3, 0.4) is 0 Å². The van der Waals surface area contributed by atoms with Gasteiger partial charge in [-0.15, -0.1) is 11.3 Å². The Morgan fingerprint density at radius 1 is 0.365 bits per heavy atom. The first kappa shape index (κ1) is 29.1. The molecule has 0 aliphatic rings. The van der Waals surface area contributed by atoms with Crippen LogP contribution in [0.15, 0.2) is 185 Å². The van der Waals surface area contributed by atoms with E-state index in [9.17, 15) is 0 Å². The number of fused-ring (bicyclic) bond motifs is 9. The van der Waals surface area contributed by atoms with Crippen molar-refractivity contribution in [2.75, 3.05) is 4.90 Å². The Balaban J connectivity index is 1.17. The van der Waals surface area contributed by atoms with Gasteiger partial charge in [-0.25, -0.2) is 0 Å². The molecule has 0 radical (unpaired) electrons. The molecule has 0 fully saturated rings. The summed E-state index contributed by atoms with van der Waals surface area (Å²) in [6, 6.07) is 62.5. The molecular formula is C48H29NO2S. The molecule has 11 rings (SSSR count). The maximum atomic E-state index is 6.70. The minimum atomic E-state index is 0.864. The molecule has 3 aromatic heterocycles. The monoisotopic (exact) mass is 683 g/mol. The lowest BCUT2D eigenvalue weighted by molar-refractivity contribution is 0.668. The van der Waals surface area contributed by atoms with Crippen molar-refractivity contribution in [3.05, 3.63) is 176 Å². The van der Waals surface area contributed by atoms with Crippen LogP contribution < -0.4 is 4.90 Å². The highest BCUT2D eigenvalue weighted by Crippen LogP contribution is 2.49. The molecule has 3 heterocycles. The number of benzene rings is 8. The Morgan fingerprint density at radius 2 is 0.962 bits per heavy atom. The molecule has 0 saturated carbocycles. The second-order valence-corrected chi connectivity index (χ2v) is 14.3. The van der Waals surface area contributed by atoms with Crippen LogP contribution in [0.1, 0.15) is 0 Å². The highest BCUT2D eigenvalue weighted by atomic mass is 32.1. The van der Waals surface area contributed by atoms with Gasteiger partial charge in [-0.3, -0.25) is 0 Å². The summed E-state index contributed by atoms with van der Waals surface area (Å²) in [6.45, 7) is 0. The van der Waals surface area contributed by atoms with Gasteiger partial charge >= 0.3 is 0 Å². The minimum Gasteiger partial charge on any atom is -0.456 e. The number of anilines is 3. The zero-order valence-corrected chi connectivity index (χ0v) is 28.7. The average Bonchev–Trinajstić information content (AvgIpc) is 3.90. The fourth-order valence-electron chi connectivity index (χ4n) is 7.87. The molecule has 52 heavy (non-hydrogen) atoms. The molecule has 0 spiro atoms. The van der Waals surface area contributed by atoms with Crippen LogP contribution in [0.5, 0.6) is 0 Å². The summed E-state index contributed by atoms with van der Waals surface area (Å²) < 4.78 is 15.4. The minimum absolute atomic E-state index is 0.864. The average molecular weight is 684 g/mol. The van der Waals surface area contributed by atoms with Crippen molar-refractivity contribution in [2.45, 2.75) is 0 Å². The van der Waals surface area contributed by atoms with Crippen molar-refractivity contribution in [3.8, 4) is 22.3 Å². The molecule has 8 aromatic carbocycles. The van der Waals surface area contributed by atoms with E-state index in [0.717, 1.165) is 72.1 Å². The van der Waals surface area contributed by atoms with Crippen LogP contribution in [0.2, 0.25) is 0 Å². The summed E-state index contributed by atoms with van der Waals surface area (Å²) in [5, 5.41) is 6.96. The summed E-state index contributed by atoms with van der Waals surface area (Å²) in [5.41, 5.74) is 11.4. The Bertz CT molecular complexity index is 3150. The number of rotatable bonds is 5. The maximum Gasteiger partial charge on any atom is 0.159 e. The van der Waals surface area contributed by atoms with Crippen LogP contribution in [0, 0.1) is 0 Å². The third-order valence-electron chi connectivity index (χ3n) is 10.3. The Labute approximate surface area is 303 Å². The molecule has 0 aliphatic carbocycles. The molecule has 0 unspecified atom stereocenters. The van der Waals surface area contributed by atoms with E-state index in [2.05, 4.69) is 163 Å². The third kappa shape index (κ3) is 4.45. The molecule has 4 heteroatoms. The molecule has 0 aliphatic heterocycles. The second-order valence-electron chi connectivity index (χ2n) is 13.3. The summed E-state index contributed by atoms with van der Waals surface area (Å²) in [6.07, 6.45) is 0. The molecule has 0 N–H and O–H groups in total. The van der Waals surface area contributed by atoms with Crippen LogP contribution >= 0.6 is 11.3 Å². The molecule has 0 bridgehead atoms. The first-order valence-corrected chi connectivity index (χ1v) is 18.3. The van der Waals surface area contributed by atoms with Gasteiger partial charge in [-0.2, -0.15) is 0 Å². The number of nitrogens with zero attached hydrogens (tertiary/aromatic N) is 1. The van der Waals surface area contributed by atoms with E-state index in [-0.39, 0.29) is 0 Å². The number of furan rings is 2. The van der Waals surface area contributed by atoms with E-state index in [1.165, 1.54) is 31.3 Å². The van der Waals surface area contributed by atoms with Crippen molar-refractivity contribution in [1.82, 2.24) is 0 Å². The highest BCUT2D eigenvalue weighted by Gasteiger charge is 2.23. The van der Waals surface area contributed by atoms with E-state index >= 15 is 0 Å². The van der Waals surface area contributed by atoms with Crippen LogP contribution in [0.4, 0.5) is 17.1 Å². The smallest absolute Gasteiger partial charge is 0.159 e. The van der Waals surface area contributed by atoms with Gasteiger partial charge in [-0.1, -0.05) is 127 Å². The molecule has 0 saturated heterocycles. The number of para-hydroxylation sites is 3. The van der Waals surface area contributed by atoms with Crippen LogP contribution in [-0.4, -0.2) is 0 Å². The van der Waals surface area contributed by atoms with E-state index in [1.54, 1.807) is 0 Å². The Kier molecular flexibility index (Phi) is 6.42. The Hall–Kier alpha value is -6.62. The van der Waals surface area contributed by atoms with Gasteiger partial charge in [-0.05, 0) is 70.8 Å². The van der Waals surface area contributed by atoms with Gasteiger partial charge in [0.15, 0.2) is 5.58 Å². The summed E-state index contributed by atoms with van der Waals surface area (Å²) in [5.74, 6) is 0. The van der Waals surface area contributed by atoms with E-state index in [1.807, 2.05) is 29.5 Å². The second kappa shape index (κ2) is 11.5. The maximum absolute atomic E-state index is 6.70. The van der Waals surface area contributed by atoms with Gasteiger partial charge in [0.2, 0.25) is 0 Å². The van der Waals surface area contributed by atoms with Crippen molar-refractivity contribution < 1.29 is 8.83 Å². The van der Waals surface area contributed by atoms with Gasteiger partial charge in [0, 0.05) is 42.7 Å². The topological polar surface area (TPSA) is 29.5 Å². The van der Waals surface area contributed by atoms with E-state index in [4.69, 9.17) is 8.83 Å². The number of thiophene rings is 1. The zero-order valence-electron chi connectivity index (χ0n) is 27.9. The highest BCUT2D eigenvalue weighted by molar-refractivity contribution is 7.27. The largest absolute Gasteiger partial charge is 0.456 e. The van der Waals surface area contributed by atoms with Gasteiger partial charge in [0.05, 0.1) is 16.1 Å². The molecule has 11 aromatic rings. The molecule has 244 valence electrons. The number of hydrogen-bond donors (Lipinski definition) is 0. The predicted octanol–water partition coefficient (Wildman–Crippen LogP) is 14.7. The van der Waals surface area contributed by atoms with Crippen LogP contribution in [0.25, 0.3) is 86.3 Å². The van der Waals surface area contributed by atoms with E-state index in [0.29, 0.717) is 0 Å². The fourth-order valence-corrected chi connectivity index (χ4v) is 9.21. The lowest BCUT2D eigenvalue weighted by Crippen LogP contribution is -2.10. The zero-order chi connectivity index (χ0) is 34.2. The molecule has 3 nitrogen and oxygen atoms in total. The normalized spacial score (nSPS) is 11.8. The fraction of sp³-hybridized carbons (Fsp3) is 0. The summed E-state index contributed by atoms with van der Waals surface area (Å²) >= 11 is 1.86. The molecule has 0 atom stereocenters. The van der Waals surface area contributed by atoms with Crippen LogP contribution in [-0.2, 0) is 0 Å². The lowest BCUT2D eigenvalue weighted by atomic mass is 10.0. The summed E-state index contributed by atoms with van der Waals surface area (Å²) in [7, 11) is 0. The first-order valence-electron chi connectivity index (χ1n) is 17.5. The molecule has 0 amide bonds. The first-order chi connectivity index (χ1) is 25.8. The standard InChI is InChI=1S/C48H29NO2S/c1-2-12-30(13-3-1)34-18-9-20-38-39-21-11-23-42(48(39)52-47(34)38)49(41-22-10-19-37-35-16-4-7-25-44(35)51-46(37)41)33-15-8-14-31(28-33)32-26-27-45-40(29-32)36-17-5-6-24-43(36)50-45/h1-29H.